The van der Waals surface area contributed by atoms with Crippen LogP contribution in [0.2, 0.25) is 0 Å². The van der Waals surface area contributed by atoms with Crippen LogP contribution in [0.1, 0.15) is 13.8 Å². The van der Waals surface area contributed by atoms with Crippen molar-refractivity contribution < 1.29 is 24.4 Å². The number of imide groups is 1. The van der Waals surface area contributed by atoms with Crippen molar-refractivity contribution in [1.82, 2.24) is 10.6 Å². The summed E-state index contributed by atoms with van der Waals surface area (Å²) in [5.74, 6) is 1.12. The number of carbonyl (C=O) groups is 2. The van der Waals surface area contributed by atoms with Crippen LogP contribution in [0.5, 0.6) is 11.5 Å². The second kappa shape index (κ2) is 7.65. The molecule has 0 spiro atoms. The Hall–Kier alpha value is -2.28. The lowest BCUT2D eigenvalue weighted by atomic mass is 10.2. The van der Waals surface area contributed by atoms with E-state index in [9.17, 15) is 9.59 Å². The maximum atomic E-state index is 11.8. The zero-order valence-corrected chi connectivity index (χ0v) is 12.8. The Bertz CT molecular complexity index is 535. The fraction of sp³-hybridized carbons (Fsp3) is 0.467. The minimum atomic E-state index is -0.473. The van der Waals surface area contributed by atoms with Crippen molar-refractivity contribution in [3.05, 3.63) is 24.3 Å². The Morgan fingerprint density at radius 2 is 2.09 bits per heavy atom. The second-order valence-electron chi connectivity index (χ2n) is 5.11. The van der Waals surface area contributed by atoms with Crippen molar-refractivity contribution in [3.63, 3.8) is 0 Å². The van der Waals surface area contributed by atoms with E-state index in [1.165, 1.54) is 0 Å². The number of urea groups is 1. The van der Waals surface area contributed by atoms with Gasteiger partial charge in [0, 0.05) is 6.54 Å². The number of quaternary nitrogens is 1. The highest BCUT2D eigenvalue weighted by Gasteiger charge is 2.25. The highest BCUT2D eigenvalue weighted by Crippen LogP contribution is 2.30. The smallest absolute Gasteiger partial charge is 0.321 e. The van der Waals surface area contributed by atoms with Crippen LogP contribution in [-0.2, 0) is 4.79 Å². The summed E-state index contributed by atoms with van der Waals surface area (Å²) in [7, 11) is 0. The van der Waals surface area contributed by atoms with E-state index in [0.717, 1.165) is 5.75 Å². The van der Waals surface area contributed by atoms with Gasteiger partial charge in [-0.2, -0.15) is 0 Å². The van der Waals surface area contributed by atoms with Crippen molar-refractivity contribution >= 4 is 11.9 Å². The van der Waals surface area contributed by atoms with Crippen molar-refractivity contribution in [3.8, 4) is 11.5 Å². The SMILES string of the molecule is CCNC(=O)NC(=O)[C@H](C)[NH2+]C[C@H]1COc2ccccc2O1. The van der Waals surface area contributed by atoms with E-state index in [2.05, 4.69) is 10.6 Å². The van der Waals surface area contributed by atoms with E-state index in [-0.39, 0.29) is 18.1 Å². The monoisotopic (exact) mass is 308 g/mol. The molecular formula is C15H22N3O4+. The number of carbonyl (C=O) groups excluding carboxylic acids is 2. The highest BCUT2D eigenvalue weighted by molar-refractivity contribution is 5.96. The van der Waals surface area contributed by atoms with E-state index in [1.54, 1.807) is 13.8 Å². The van der Waals surface area contributed by atoms with Crippen LogP contribution in [0.3, 0.4) is 0 Å². The van der Waals surface area contributed by atoms with Gasteiger partial charge in [0.05, 0.1) is 0 Å². The molecule has 22 heavy (non-hydrogen) atoms. The van der Waals surface area contributed by atoms with Gasteiger partial charge in [0.25, 0.3) is 5.91 Å². The lowest BCUT2D eigenvalue weighted by molar-refractivity contribution is -0.678. The first-order valence-corrected chi connectivity index (χ1v) is 7.40. The van der Waals surface area contributed by atoms with Crippen LogP contribution in [0.25, 0.3) is 0 Å². The third-order valence-corrected chi connectivity index (χ3v) is 3.31. The third kappa shape index (κ3) is 4.36. The number of ether oxygens (including phenoxy) is 2. The highest BCUT2D eigenvalue weighted by atomic mass is 16.6. The number of fused-ring (bicyclic) bond motifs is 1. The molecule has 1 aliphatic rings. The summed E-state index contributed by atoms with van der Waals surface area (Å²) >= 11 is 0. The van der Waals surface area contributed by atoms with Crippen LogP contribution >= 0.6 is 0 Å². The normalized spacial score (nSPS) is 17.5. The Morgan fingerprint density at radius 1 is 1.36 bits per heavy atom. The van der Waals surface area contributed by atoms with E-state index in [4.69, 9.17) is 9.47 Å². The molecule has 0 saturated carbocycles. The molecule has 1 aromatic rings. The van der Waals surface area contributed by atoms with E-state index >= 15 is 0 Å². The molecule has 0 aliphatic carbocycles. The molecule has 0 saturated heterocycles. The zero-order chi connectivity index (χ0) is 15.9. The molecule has 7 heteroatoms. The van der Waals surface area contributed by atoms with Crippen molar-refractivity contribution in [2.24, 2.45) is 0 Å². The minimum Gasteiger partial charge on any atom is -0.486 e. The first kappa shape index (κ1) is 16.1. The summed E-state index contributed by atoms with van der Waals surface area (Å²) in [6.45, 7) is 5.02. The zero-order valence-electron chi connectivity index (χ0n) is 12.8. The van der Waals surface area contributed by atoms with Gasteiger partial charge in [0.2, 0.25) is 0 Å². The molecule has 2 rings (SSSR count). The maximum Gasteiger partial charge on any atom is 0.321 e. The van der Waals surface area contributed by atoms with Crippen molar-refractivity contribution in [1.29, 1.82) is 0 Å². The van der Waals surface area contributed by atoms with Gasteiger partial charge in [-0.1, -0.05) is 12.1 Å². The molecular weight excluding hydrogens is 286 g/mol. The number of benzene rings is 1. The molecule has 0 radical (unpaired) electrons. The van der Waals surface area contributed by atoms with Gasteiger partial charge in [-0.25, -0.2) is 4.79 Å². The van der Waals surface area contributed by atoms with E-state index < -0.39 is 6.03 Å². The van der Waals surface area contributed by atoms with Crippen molar-refractivity contribution in [2.45, 2.75) is 26.0 Å². The summed E-state index contributed by atoms with van der Waals surface area (Å²) in [6.07, 6.45) is -0.130. The summed E-state index contributed by atoms with van der Waals surface area (Å²) in [5, 5.41) is 6.64. The standard InChI is InChI=1S/C15H21N3O4/c1-3-16-15(20)18-14(19)10(2)17-8-11-9-21-12-6-4-5-7-13(12)22-11/h4-7,10-11,17H,3,8-9H2,1-2H3,(H2,16,18,19,20)/p+1/t10-,11-/m0/s1. The Morgan fingerprint density at radius 3 is 2.82 bits per heavy atom. The number of nitrogens with one attached hydrogen (secondary N) is 2. The fourth-order valence-electron chi connectivity index (χ4n) is 2.07. The summed E-state index contributed by atoms with van der Waals surface area (Å²) in [6, 6.07) is 6.63. The number of rotatable bonds is 5. The Kier molecular flexibility index (Phi) is 5.60. The van der Waals surface area contributed by atoms with Crippen LogP contribution < -0.4 is 25.4 Å². The summed E-state index contributed by atoms with van der Waals surface area (Å²) < 4.78 is 11.4. The molecule has 0 aromatic heterocycles. The van der Waals surface area contributed by atoms with E-state index in [0.29, 0.717) is 25.4 Å². The topological polar surface area (TPSA) is 93.3 Å². The number of para-hydroxylation sites is 2. The van der Waals surface area contributed by atoms with Gasteiger partial charge in [-0.3, -0.25) is 10.1 Å². The number of nitrogens with two attached hydrogens (primary N) is 1. The van der Waals surface area contributed by atoms with Crippen LogP contribution in [0.15, 0.2) is 24.3 Å². The van der Waals surface area contributed by atoms with Gasteiger partial charge in [-0.15, -0.1) is 0 Å². The molecule has 0 fully saturated rings. The Balaban J connectivity index is 1.76. The molecule has 1 heterocycles. The predicted octanol–water partition coefficient (Wildman–Crippen LogP) is -0.376. The molecule has 120 valence electrons. The second-order valence-corrected chi connectivity index (χ2v) is 5.11. The quantitative estimate of drug-likeness (QED) is 0.691. The molecule has 3 amide bonds. The largest absolute Gasteiger partial charge is 0.486 e. The molecule has 1 aliphatic heterocycles. The average Bonchev–Trinajstić information content (AvgIpc) is 2.52. The lowest BCUT2D eigenvalue weighted by Crippen LogP contribution is -2.94. The lowest BCUT2D eigenvalue weighted by Gasteiger charge is -2.26. The fourth-order valence-corrected chi connectivity index (χ4v) is 2.07. The number of amides is 3. The predicted molar refractivity (Wildman–Crippen MR) is 79.8 cm³/mol. The van der Waals surface area contributed by atoms with Crippen molar-refractivity contribution in [2.75, 3.05) is 19.7 Å². The van der Waals surface area contributed by atoms with Gasteiger partial charge in [0.1, 0.15) is 13.2 Å². The van der Waals surface area contributed by atoms with Gasteiger partial charge in [0.15, 0.2) is 23.6 Å². The third-order valence-electron chi connectivity index (χ3n) is 3.31. The molecule has 0 unspecified atom stereocenters. The van der Waals surface area contributed by atoms with E-state index in [1.807, 2.05) is 29.6 Å². The van der Waals surface area contributed by atoms with Crippen LogP contribution in [0.4, 0.5) is 4.79 Å². The molecule has 2 atom stereocenters. The molecule has 1 aromatic carbocycles. The van der Waals surface area contributed by atoms with Crippen LogP contribution in [0, 0.1) is 0 Å². The minimum absolute atomic E-state index is 0.130. The summed E-state index contributed by atoms with van der Waals surface area (Å²) in [5.41, 5.74) is 0. The van der Waals surface area contributed by atoms with Gasteiger partial charge < -0.3 is 20.1 Å². The Labute approximate surface area is 129 Å². The molecule has 4 N–H and O–H groups in total. The number of hydrogen-bond donors (Lipinski definition) is 3. The first-order chi connectivity index (χ1) is 10.6. The van der Waals surface area contributed by atoms with Crippen LogP contribution in [-0.4, -0.2) is 43.8 Å². The maximum absolute atomic E-state index is 11.8. The average molecular weight is 308 g/mol. The summed E-state index contributed by atoms with van der Waals surface area (Å²) in [4.78, 5) is 23.1. The van der Waals surface area contributed by atoms with Gasteiger partial charge >= 0.3 is 6.03 Å². The molecule has 7 nitrogen and oxygen atoms in total. The van der Waals surface area contributed by atoms with Gasteiger partial charge in [-0.05, 0) is 26.0 Å². The molecule has 0 bridgehead atoms. The number of hydrogen-bond acceptors (Lipinski definition) is 4. The first-order valence-electron chi connectivity index (χ1n) is 7.40.